The van der Waals surface area contributed by atoms with Crippen LogP contribution in [0, 0.1) is 52.3 Å². The first kappa shape index (κ1) is 23.1. The number of aliphatic hydroxyl groups excluding tert-OH is 3. The highest BCUT2D eigenvalue weighted by molar-refractivity contribution is 5.11. The van der Waals surface area contributed by atoms with Gasteiger partial charge in [-0.15, -0.1) is 0 Å². The van der Waals surface area contributed by atoms with Crippen molar-refractivity contribution in [1.82, 2.24) is 0 Å². The molecular formula is C27H48O3. The Bertz CT molecular complexity index is 593. The summed E-state index contributed by atoms with van der Waals surface area (Å²) in [7, 11) is 0. The van der Waals surface area contributed by atoms with E-state index in [1.54, 1.807) is 0 Å². The number of aliphatic hydroxyl groups is 3. The van der Waals surface area contributed by atoms with Gasteiger partial charge < -0.3 is 15.3 Å². The third-order valence-electron chi connectivity index (χ3n) is 11.1. The summed E-state index contributed by atoms with van der Waals surface area (Å²) in [6.07, 6.45) is 12.5. The van der Waals surface area contributed by atoms with Gasteiger partial charge in [0.15, 0.2) is 0 Å². The first-order valence-corrected chi connectivity index (χ1v) is 13.2. The molecule has 0 amide bonds. The molecule has 4 fully saturated rings. The second-order valence-electron chi connectivity index (χ2n) is 12.6. The van der Waals surface area contributed by atoms with Gasteiger partial charge >= 0.3 is 0 Å². The lowest BCUT2D eigenvalue weighted by molar-refractivity contribution is -0.174. The van der Waals surface area contributed by atoms with Crippen LogP contribution in [0.2, 0.25) is 0 Å². The lowest BCUT2D eigenvalue weighted by Gasteiger charge is -2.62. The number of fused-ring (bicyclic) bond motifs is 5. The van der Waals surface area contributed by atoms with Crippen LogP contribution in [0.25, 0.3) is 0 Å². The molecule has 7 unspecified atom stereocenters. The fraction of sp³-hybridized carbons (Fsp3) is 1.00. The molecule has 4 saturated carbocycles. The molecule has 3 N–H and O–H groups in total. The van der Waals surface area contributed by atoms with Gasteiger partial charge in [-0.3, -0.25) is 0 Å². The van der Waals surface area contributed by atoms with E-state index in [9.17, 15) is 15.3 Å². The third-order valence-corrected chi connectivity index (χ3v) is 11.1. The van der Waals surface area contributed by atoms with Crippen LogP contribution < -0.4 is 0 Å². The Kier molecular flexibility index (Phi) is 6.66. The van der Waals surface area contributed by atoms with Crippen molar-refractivity contribution in [2.24, 2.45) is 52.3 Å². The first-order chi connectivity index (χ1) is 14.2. The Morgan fingerprint density at radius 3 is 2.30 bits per heavy atom. The molecule has 3 nitrogen and oxygen atoms in total. The molecule has 0 bridgehead atoms. The van der Waals surface area contributed by atoms with E-state index >= 15 is 0 Å². The second-order valence-corrected chi connectivity index (χ2v) is 12.6. The largest absolute Gasteiger partial charge is 0.396 e. The van der Waals surface area contributed by atoms with Crippen molar-refractivity contribution < 1.29 is 15.3 Å². The van der Waals surface area contributed by atoms with Crippen molar-refractivity contribution >= 4 is 0 Å². The van der Waals surface area contributed by atoms with Gasteiger partial charge in [-0.2, -0.15) is 0 Å². The topological polar surface area (TPSA) is 60.7 Å². The molecule has 0 saturated heterocycles. The molecule has 174 valence electrons. The maximum Gasteiger partial charge on any atom is 0.0577 e. The van der Waals surface area contributed by atoms with E-state index in [1.165, 1.54) is 38.5 Å². The fourth-order valence-electron chi connectivity index (χ4n) is 9.26. The Morgan fingerprint density at radius 2 is 1.57 bits per heavy atom. The zero-order valence-corrected chi connectivity index (χ0v) is 20.0. The SMILES string of the molecule is CC(CO)CCCC(C)C1CCC2C3C(CC[C@]12C)[C@@]1(C)CCC(O)C[C@H]1C[C@H]3O. The van der Waals surface area contributed by atoms with Crippen LogP contribution in [0.4, 0.5) is 0 Å². The first-order valence-electron chi connectivity index (χ1n) is 13.2. The standard InChI is InChI=1S/C27H48O3/c1-17(16-28)6-5-7-18(2)21-8-9-22-25-23(11-13-27(21,22)4)26(3)12-10-20(29)14-19(26)15-24(25)30/h17-25,28-30H,5-16H2,1-4H3/t17?,18?,19-,20?,21?,22?,23?,24+,25?,26-,27+/m0/s1. The summed E-state index contributed by atoms with van der Waals surface area (Å²) in [5.74, 6) is 4.28. The van der Waals surface area contributed by atoms with E-state index in [2.05, 4.69) is 27.7 Å². The van der Waals surface area contributed by atoms with Gasteiger partial charge in [-0.25, -0.2) is 0 Å². The van der Waals surface area contributed by atoms with E-state index in [0.717, 1.165) is 43.9 Å². The van der Waals surface area contributed by atoms with E-state index < -0.39 is 0 Å². The molecule has 30 heavy (non-hydrogen) atoms. The van der Waals surface area contributed by atoms with Gasteiger partial charge in [-0.05, 0) is 110 Å². The van der Waals surface area contributed by atoms with Crippen LogP contribution in [0.1, 0.15) is 98.3 Å². The van der Waals surface area contributed by atoms with Gasteiger partial charge in [0.25, 0.3) is 0 Å². The summed E-state index contributed by atoms with van der Waals surface area (Å²) >= 11 is 0. The van der Waals surface area contributed by atoms with E-state index in [1.807, 2.05) is 0 Å². The van der Waals surface area contributed by atoms with Crippen LogP contribution in [-0.2, 0) is 0 Å². The number of hydrogen-bond acceptors (Lipinski definition) is 3. The maximum absolute atomic E-state index is 11.4. The van der Waals surface area contributed by atoms with Crippen LogP contribution >= 0.6 is 0 Å². The van der Waals surface area contributed by atoms with Crippen molar-refractivity contribution in [2.75, 3.05) is 6.61 Å². The van der Waals surface area contributed by atoms with Crippen LogP contribution in [-0.4, -0.2) is 34.1 Å². The van der Waals surface area contributed by atoms with Crippen molar-refractivity contribution in [3.05, 3.63) is 0 Å². The normalized spacial score (nSPS) is 50.3. The Morgan fingerprint density at radius 1 is 0.867 bits per heavy atom. The minimum absolute atomic E-state index is 0.147. The quantitative estimate of drug-likeness (QED) is 0.538. The summed E-state index contributed by atoms with van der Waals surface area (Å²) in [6, 6.07) is 0. The lowest BCUT2D eigenvalue weighted by atomic mass is 9.43. The van der Waals surface area contributed by atoms with Crippen molar-refractivity contribution in [3.63, 3.8) is 0 Å². The summed E-state index contributed by atoms with van der Waals surface area (Å²) in [6.45, 7) is 10.0. The predicted molar refractivity (Wildman–Crippen MR) is 122 cm³/mol. The average molecular weight is 421 g/mol. The molecule has 0 heterocycles. The Labute approximate surface area is 185 Å². The summed E-state index contributed by atoms with van der Waals surface area (Å²) < 4.78 is 0. The van der Waals surface area contributed by atoms with E-state index in [0.29, 0.717) is 47.0 Å². The van der Waals surface area contributed by atoms with E-state index in [-0.39, 0.29) is 12.2 Å². The smallest absolute Gasteiger partial charge is 0.0577 e. The Balaban J connectivity index is 1.47. The highest BCUT2D eigenvalue weighted by Crippen LogP contribution is 2.68. The summed E-state index contributed by atoms with van der Waals surface area (Å²) in [5, 5.41) is 30.9. The molecule has 0 radical (unpaired) electrons. The Hall–Kier alpha value is -0.120. The van der Waals surface area contributed by atoms with E-state index in [4.69, 9.17) is 0 Å². The van der Waals surface area contributed by atoms with Crippen LogP contribution in [0.5, 0.6) is 0 Å². The van der Waals surface area contributed by atoms with Crippen molar-refractivity contribution in [2.45, 2.75) is 111 Å². The summed E-state index contributed by atoms with van der Waals surface area (Å²) in [4.78, 5) is 0. The summed E-state index contributed by atoms with van der Waals surface area (Å²) in [5.41, 5.74) is 0.718. The zero-order valence-electron chi connectivity index (χ0n) is 20.0. The van der Waals surface area contributed by atoms with Crippen molar-refractivity contribution in [1.29, 1.82) is 0 Å². The number of hydrogen-bond donors (Lipinski definition) is 3. The molecule has 4 aliphatic carbocycles. The highest BCUT2D eigenvalue weighted by Gasteiger charge is 2.62. The molecule has 0 spiro atoms. The molecule has 0 aromatic heterocycles. The molecule has 0 aromatic carbocycles. The maximum atomic E-state index is 11.4. The monoisotopic (exact) mass is 420 g/mol. The molecule has 11 atom stereocenters. The van der Waals surface area contributed by atoms with Gasteiger partial charge in [0.2, 0.25) is 0 Å². The minimum Gasteiger partial charge on any atom is -0.396 e. The molecule has 0 aromatic rings. The van der Waals surface area contributed by atoms with Gasteiger partial charge in [0.1, 0.15) is 0 Å². The van der Waals surface area contributed by atoms with Crippen molar-refractivity contribution in [3.8, 4) is 0 Å². The zero-order chi connectivity index (χ0) is 21.7. The van der Waals surface area contributed by atoms with Gasteiger partial charge in [0, 0.05) is 6.61 Å². The van der Waals surface area contributed by atoms with Gasteiger partial charge in [-0.1, -0.05) is 40.5 Å². The predicted octanol–water partition coefficient (Wildman–Crippen LogP) is 5.41. The van der Waals surface area contributed by atoms with Crippen LogP contribution in [0.15, 0.2) is 0 Å². The number of rotatable bonds is 6. The lowest BCUT2D eigenvalue weighted by Crippen LogP contribution is -2.58. The van der Waals surface area contributed by atoms with Crippen LogP contribution in [0.3, 0.4) is 0 Å². The third kappa shape index (κ3) is 3.79. The second kappa shape index (κ2) is 8.67. The highest BCUT2D eigenvalue weighted by atomic mass is 16.3. The molecule has 0 aliphatic heterocycles. The minimum atomic E-state index is -0.164. The molecule has 4 rings (SSSR count). The molecule has 4 aliphatic rings. The van der Waals surface area contributed by atoms with Gasteiger partial charge in [0.05, 0.1) is 12.2 Å². The molecular weight excluding hydrogens is 372 g/mol. The average Bonchev–Trinajstić information content (AvgIpc) is 3.06. The fourth-order valence-corrected chi connectivity index (χ4v) is 9.26. The molecule has 3 heteroatoms.